The van der Waals surface area contributed by atoms with Crippen LogP contribution in [-0.4, -0.2) is 39.2 Å². The number of halogens is 1. The summed E-state index contributed by atoms with van der Waals surface area (Å²) in [6, 6.07) is 7.00. The van der Waals surface area contributed by atoms with Crippen molar-refractivity contribution in [2.24, 2.45) is 7.05 Å². The number of aliphatic carboxylic acids is 1. The summed E-state index contributed by atoms with van der Waals surface area (Å²) in [6.45, 7) is 5.06. The van der Waals surface area contributed by atoms with E-state index in [1.807, 2.05) is 0 Å². The Balaban J connectivity index is 2.17. The summed E-state index contributed by atoms with van der Waals surface area (Å²) in [5.41, 5.74) is 0.676. The van der Waals surface area contributed by atoms with E-state index in [1.165, 1.54) is 0 Å². The molecule has 0 aliphatic rings. The summed E-state index contributed by atoms with van der Waals surface area (Å²) in [7, 11) is 1.70. The van der Waals surface area contributed by atoms with Gasteiger partial charge in [-0.2, -0.15) is 0 Å². The van der Waals surface area contributed by atoms with Crippen molar-refractivity contribution in [1.82, 2.24) is 9.88 Å². The molecule has 0 saturated heterocycles. The second-order valence-corrected chi connectivity index (χ2v) is 7.85. The summed E-state index contributed by atoms with van der Waals surface area (Å²) < 4.78 is 6.77. The number of alkyl carbamates (subject to hydrolysis) is 1. The minimum absolute atomic E-state index is 0.00605. The third-order valence-electron chi connectivity index (χ3n) is 3.86. The summed E-state index contributed by atoms with van der Waals surface area (Å²) in [6.07, 6.45) is 0.795. The number of rotatable bonds is 6. The van der Waals surface area contributed by atoms with Gasteiger partial charge in [-0.1, -0.05) is 23.7 Å². The molecular formula is C20H23ClN2O5. The Morgan fingerprint density at radius 1 is 1.21 bits per heavy atom. The molecule has 0 bridgehead atoms. The first-order chi connectivity index (χ1) is 13.0. The molecule has 0 fully saturated rings. The van der Waals surface area contributed by atoms with E-state index in [1.54, 1.807) is 68.9 Å². The maximum absolute atomic E-state index is 12.6. The fraction of sp³-hybridized carbons (Fsp3) is 0.350. The molecule has 0 spiro atoms. The van der Waals surface area contributed by atoms with E-state index in [9.17, 15) is 19.5 Å². The van der Waals surface area contributed by atoms with Crippen LogP contribution in [0.25, 0.3) is 0 Å². The minimum Gasteiger partial charge on any atom is -0.480 e. The quantitative estimate of drug-likeness (QED) is 0.716. The predicted octanol–water partition coefficient (Wildman–Crippen LogP) is 3.43. The van der Waals surface area contributed by atoms with Gasteiger partial charge in [-0.25, -0.2) is 9.59 Å². The summed E-state index contributed by atoms with van der Waals surface area (Å²) >= 11 is 5.94. The zero-order valence-electron chi connectivity index (χ0n) is 16.2. The normalized spacial score (nSPS) is 12.3. The molecule has 28 heavy (non-hydrogen) atoms. The number of carbonyl (C=O) groups is 3. The number of carbonyl (C=O) groups excluding carboxylic acids is 2. The maximum Gasteiger partial charge on any atom is 0.408 e. The minimum atomic E-state index is -1.20. The van der Waals surface area contributed by atoms with Crippen LogP contribution >= 0.6 is 11.6 Å². The lowest BCUT2D eigenvalue weighted by molar-refractivity contribution is -0.139. The van der Waals surface area contributed by atoms with Crippen LogP contribution in [0.3, 0.4) is 0 Å². The lowest BCUT2D eigenvalue weighted by Gasteiger charge is -2.22. The molecule has 0 aliphatic heterocycles. The number of hydrogen-bond donors (Lipinski definition) is 2. The third kappa shape index (κ3) is 5.85. The molecule has 1 unspecified atom stereocenters. The molecule has 2 aromatic rings. The molecule has 1 aromatic carbocycles. The summed E-state index contributed by atoms with van der Waals surface area (Å²) in [4.78, 5) is 36.1. The van der Waals surface area contributed by atoms with Crippen LogP contribution in [0.5, 0.6) is 0 Å². The number of nitrogens with one attached hydrogen (secondary N) is 1. The van der Waals surface area contributed by atoms with E-state index in [0.717, 1.165) is 0 Å². The molecule has 1 atom stereocenters. The number of aromatic nitrogens is 1. The number of aryl methyl sites for hydroxylation is 1. The first-order valence-corrected chi connectivity index (χ1v) is 9.02. The monoisotopic (exact) mass is 406 g/mol. The van der Waals surface area contributed by atoms with Gasteiger partial charge in [0.2, 0.25) is 0 Å². The first kappa shape index (κ1) is 21.5. The Morgan fingerprint density at radius 3 is 2.46 bits per heavy atom. The van der Waals surface area contributed by atoms with Crippen molar-refractivity contribution in [3.63, 3.8) is 0 Å². The number of ketones is 1. The highest BCUT2D eigenvalue weighted by Gasteiger charge is 2.25. The molecular weight excluding hydrogens is 384 g/mol. The van der Waals surface area contributed by atoms with Gasteiger partial charge >= 0.3 is 12.1 Å². The molecule has 7 nitrogen and oxygen atoms in total. The van der Waals surface area contributed by atoms with Gasteiger partial charge in [-0.3, -0.25) is 4.79 Å². The molecule has 1 heterocycles. The van der Waals surface area contributed by atoms with Crippen LogP contribution in [0.4, 0.5) is 4.79 Å². The second-order valence-electron chi connectivity index (χ2n) is 7.41. The van der Waals surface area contributed by atoms with Gasteiger partial charge in [0, 0.05) is 41.5 Å². The number of hydrogen-bond acceptors (Lipinski definition) is 4. The van der Waals surface area contributed by atoms with E-state index in [0.29, 0.717) is 21.8 Å². The molecule has 0 radical (unpaired) electrons. The molecule has 0 saturated carbocycles. The lowest BCUT2D eigenvalue weighted by Crippen LogP contribution is -2.44. The van der Waals surface area contributed by atoms with Crippen LogP contribution < -0.4 is 5.32 Å². The standard InChI is InChI=1S/C20H23ClN2O5/c1-20(2,3)28-19(27)22-16(18(25)26)10-15-9-13(11-23(15)4)17(24)12-6-5-7-14(21)8-12/h5-9,11,16H,10H2,1-4H3,(H,22,27)(H,25,26). The molecule has 8 heteroatoms. The lowest BCUT2D eigenvalue weighted by atomic mass is 10.1. The summed E-state index contributed by atoms with van der Waals surface area (Å²) in [5, 5.41) is 12.2. The van der Waals surface area contributed by atoms with Crippen molar-refractivity contribution < 1.29 is 24.2 Å². The number of amides is 1. The average Bonchev–Trinajstić information content (AvgIpc) is 2.92. The Labute approximate surface area is 168 Å². The molecule has 0 aliphatic carbocycles. The zero-order chi connectivity index (χ0) is 21.1. The topological polar surface area (TPSA) is 97.6 Å². The smallest absolute Gasteiger partial charge is 0.408 e. The highest BCUT2D eigenvalue weighted by Crippen LogP contribution is 2.18. The van der Waals surface area contributed by atoms with E-state index in [-0.39, 0.29) is 12.2 Å². The van der Waals surface area contributed by atoms with Crippen molar-refractivity contribution in [3.05, 3.63) is 58.4 Å². The van der Waals surface area contributed by atoms with Crippen molar-refractivity contribution in [2.75, 3.05) is 0 Å². The van der Waals surface area contributed by atoms with Gasteiger partial charge < -0.3 is 19.7 Å². The molecule has 2 N–H and O–H groups in total. The Bertz CT molecular complexity index is 898. The molecule has 2 rings (SSSR count). The van der Waals surface area contributed by atoms with Crippen LogP contribution in [0.1, 0.15) is 42.4 Å². The average molecular weight is 407 g/mol. The van der Waals surface area contributed by atoms with Crippen LogP contribution in [0.15, 0.2) is 36.5 Å². The fourth-order valence-corrected chi connectivity index (χ4v) is 2.78. The highest BCUT2D eigenvalue weighted by atomic mass is 35.5. The summed E-state index contributed by atoms with van der Waals surface area (Å²) in [5.74, 6) is -1.42. The third-order valence-corrected chi connectivity index (χ3v) is 4.09. The Morgan fingerprint density at radius 2 is 1.89 bits per heavy atom. The number of carboxylic acid groups (broad SMARTS) is 1. The van der Waals surface area contributed by atoms with Crippen LogP contribution in [-0.2, 0) is 23.0 Å². The Hall–Kier alpha value is -2.80. The van der Waals surface area contributed by atoms with Gasteiger partial charge in [-0.05, 0) is 39.0 Å². The van der Waals surface area contributed by atoms with E-state index in [2.05, 4.69) is 5.32 Å². The molecule has 150 valence electrons. The van der Waals surface area contributed by atoms with Gasteiger partial charge in [0.05, 0.1) is 0 Å². The van der Waals surface area contributed by atoms with Gasteiger partial charge in [0.15, 0.2) is 5.78 Å². The van der Waals surface area contributed by atoms with E-state index >= 15 is 0 Å². The maximum atomic E-state index is 12.6. The van der Waals surface area contributed by atoms with Crippen molar-refractivity contribution >= 4 is 29.4 Å². The largest absolute Gasteiger partial charge is 0.480 e. The molecule has 1 amide bonds. The van der Waals surface area contributed by atoms with Crippen molar-refractivity contribution in [3.8, 4) is 0 Å². The number of carboxylic acids is 1. The number of nitrogens with zero attached hydrogens (tertiary/aromatic N) is 1. The van der Waals surface area contributed by atoms with Gasteiger partial charge in [0.1, 0.15) is 11.6 Å². The van der Waals surface area contributed by atoms with Crippen LogP contribution in [0, 0.1) is 0 Å². The van der Waals surface area contributed by atoms with Crippen LogP contribution in [0.2, 0.25) is 5.02 Å². The van der Waals surface area contributed by atoms with E-state index < -0.39 is 23.7 Å². The van der Waals surface area contributed by atoms with Gasteiger partial charge in [-0.15, -0.1) is 0 Å². The van der Waals surface area contributed by atoms with E-state index in [4.69, 9.17) is 16.3 Å². The fourth-order valence-electron chi connectivity index (χ4n) is 2.59. The number of ether oxygens (including phenoxy) is 1. The second kappa shape index (κ2) is 8.48. The Kier molecular flexibility index (Phi) is 6.51. The molecule has 1 aromatic heterocycles. The number of benzene rings is 1. The predicted molar refractivity (Wildman–Crippen MR) is 105 cm³/mol. The van der Waals surface area contributed by atoms with Crippen molar-refractivity contribution in [1.29, 1.82) is 0 Å². The van der Waals surface area contributed by atoms with Gasteiger partial charge in [0.25, 0.3) is 0 Å². The SMILES string of the molecule is Cn1cc(C(=O)c2cccc(Cl)c2)cc1CC(NC(=O)OC(C)(C)C)C(=O)O. The first-order valence-electron chi connectivity index (χ1n) is 8.64. The van der Waals surface area contributed by atoms with Crippen molar-refractivity contribution in [2.45, 2.75) is 38.8 Å². The zero-order valence-corrected chi connectivity index (χ0v) is 16.9. The highest BCUT2D eigenvalue weighted by molar-refractivity contribution is 6.31.